The zero-order chi connectivity index (χ0) is 36.9. The number of rotatable bonds is 16. The van der Waals surface area contributed by atoms with Crippen molar-refractivity contribution in [2.24, 2.45) is 5.92 Å². The highest BCUT2D eigenvalue weighted by Gasteiger charge is 2.26. The van der Waals surface area contributed by atoms with E-state index in [4.69, 9.17) is 13.7 Å². The molecule has 13 heteroatoms. The van der Waals surface area contributed by atoms with Crippen LogP contribution in [0.4, 0.5) is 17.1 Å². The van der Waals surface area contributed by atoms with E-state index in [0.29, 0.717) is 25.3 Å². The fourth-order valence-corrected chi connectivity index (χ4v) is 6.73. The van der Waals surface area contributed by atoms with Crippen molar-refractivity contribution in [3.8, 4) is 28.2 Å². The Morgan fingerprint density at radius 1 is 0.960 bits per heavy atom. The van der Waals surface area contributed by atoms with Crippen LogP contribution >= 0.6 is 0 Å². The minimum atomic E-state index is -4.32. The predicted octanol–water partition coefficient (Wildman–Crippen LogP) is 4.92. The van der Waals surface area contributed by atoms with Crippen molar-refractivity contribution in [2.45, 2.75) is 32.6 Å². The maximum Gasteiger partial charge on any atom is 0.306 e. The van der Waals surface area contributed by atoms with E-state index in [1.807, 2.05) is 81.8 Å². The number of ether oxygens (including phenoxy) is 1. The molecule has 0 saturated heterocycles. The number of anilines is 3. The summed E-state index contributed by atoms with van der Waals surface area (Å²) < 4.78 is 45.9. The molecule has 50 heavy (non-hydrogen) atoms. The van der Waals surface area contributed by atoms with Crippen LogP contribution in [0.15, 0.2) is 52.9 Å². The normalized spacial score (nSPS) is 12.2. The Hall–Kier alpha value is -4.62. The van der Waals surface area contributed by atoms with Gasteiger partial charge in [-0.15, -0.1) is 0 Å². The van der Waals surface area contributed by atoms with Crippen molar-refractivity contribution < 1.29 is 36.8 Å². The van der Waals surface area contributed by atoms with Gasteiger partial charge in [-0.05, 0) is 44.0 Å². The number of Topliss-reactive ketones (excluding diaryl/α,β-unsaturated/α-hetero) is 1. The first kappa shape index (κ1) is 38.2. The molecule has 2 aromatic rings. The highest BCUT2D eigenvalue weighted by atomic mass is 32.2. The van der Waals surface area contributed by atoms with E-state index < -0.39 is 27.8 Å². The van der Waals surface area contributed by atoms with Gasteiger partial charge in [-0.2, -0.15) is 8.42 Å². The Morgan fingerprint density at radius 3 is 2.26 bits per heavy atom. The van der Waals surface area contributed by atoms with Gasteiger partial charge in [-0.25, -0.2) is 4.58 Å². The third kappa shape index (κ3) is 8.94. The summed E-state index contributed by atoms with van der Waals surface area (Å²) in [5.74, 6) is -1.99. The molecule has 1 aliphatic heterocycles. The van der Waals surface area contributed by atoms with Crippen LogP contribution in [0.1, 0.15) is 32.6 Å². The molecule has 2 aliphatic rings. The molecule has 12 nitrogen and oxygen atoms in total. The topological polar surface area (TPSA) is 144 Å². The van der Waals surface area contributed by atoms with Crippen LogP contribution in [-0.4, -0.2) is 98.1 Å². The molecule has 270 valence electrons. The Morgan fingerprint density at radius 2 is 1.68 bits per heavy atom. The van der Waals surface area contributed by atoms with E-state index in [1.54, 1.807) is 7.11 Å². The van der Waals surface area contributed by atoms with Gasteiger partial charge >= 0.3 is 5.97 Å². The number of ketones is 1. The highest BCUT2D eigenvalue weighted by Crippen LogP contribution is 2.47. The summed E-state index contributed by atoms with van der Waals surface area (Å²) in [6.07, 6.45) is -0.0208. The molecular weight excluding hydrogens is 660 g/mol. The molecule has 2 N–H and O–H groups in total. The first-order chi connectivity index (χ1) is 23.5. The number of hydrogen-bond acceptors (Lipinski definition) is 9. The minimum absolute atomic E-state index is 0.133. The van der Waals surface area contributed by atoms with E-state index in [0.717, 1.165) is 55.8 Å². The number of carbonyl (C=O) groups excluding carboxylic acids is 1. The zero-order valence-corrected chi connectivity index (χ0v) is 31.0. The maximum atomic E-state index is 12.8. The lowest BCUT2D eigenvalue weighted by Crippen LogP contribution is -2.27. The smallest absolute Gasteiger partial charge is 0.306 e. The summed E-state index contributed by atoms with van der Waals surface area (Å²) in [5.41, 5.74) is 6.45. The molecule has 0 spiro atoms. The number of benzene rings is 3. The molecular formula is C37H49N4O8S+. The van der Waals surface area contributed by atoms with Crippen LogP contribution in [0.3, 0.4) is 0 Å². The van der Waals surface area contributed by atoms with Crippen LogP contribution < -0.4 is 29.4 Å². The lowest BCUT2D eigenvalue weighted by atomic mass is 9.92. The Balaban J connectivity index is 1.74. The minimum Gasteiger partial charge on any atom is -0.496 e. The molecule has 4 rings (SSSR count). The predicted molar refractivity (Wildman–Crippen MR) is 199 cm³/mol. The van der Waals surface area contributed by atoms with Gasteiger partial charge in [-0.3, -0.25) is 14.1 Å². The molecule has 0 radical (unpaired) electrons. The molecule has 0 amide bonds. The lowest BCUT2D eigenvalue weighted by Gasteiger charge is -2.30. The highest BCUT2D eigenvalue weighted by molar-refractivity contribution is 7.85. The average Bonchev–Trinajstić information content (AvgIpc) is 3.05. The van der Waals surface area contributed by atoms with E-state index in [2.05, 4.69) is 35.2 Å². The van der Waals surface area contributed by atoms with Crippen LogP contribution in [0, 0.1) is 5.92 Å². The van der Waals surface area contributed by atoms with Gasteiger partial charge in [0.2, 0.25) is 5.36 Å². The summed E-state index contributed by atoms with van der Waals surface area (Å²) in [6.45, 7) is 3.19. The average molecular weight is 710 g/mol. The van der Waals surface area contributed by atoms with Crippen molar-refractivity contribution >= 4 is 49.9 Å². The summed E-state index contributed by atoms with van der Waals surface area (Å²) in [4.78, 5) is 30.6. The number of hydrogen-bond donors (Lipinski definition) is 2. The van der Waals surface area contributed by atoms with E-state index in [1.165, 1.54) is 0 Å². The van der Waals surface area contributed by atoms with Gasteiger partial charge in [0, 0.05) is 100 Å². The molecule has 1 atom stereocenters. The molecule has 0 bridgehead atoms. The van der Waals surface area contributed by atoms with Gasteiger partial charge in [-0.1, -0.05) is 0 Å². The second-order valence-corrected chi connectivity index (χ2v) is 14.7. The zero-order valence-electron chi connectivity index (χ0n) is 30.2. The summed E-state index contributed by atoms with van der Waals surface area (Å²) in [6, 6.07) is 16.5. The largest absolute Gasteiger partial charge is 0.496 e. The quantitative estimate of drug-likeness (QED) is 0.0930. The van der Waals surface area contributed by atoms with Crippen LogP contribution in [-0.2, 0) is 19.7 Å². The first-order valence-electron chi connectivity index (χ1n) is 16.6. The van der Waals surface area contributed by atoms with Crippen LogP contribution in [0.25, 0.3) is 33.4 Å². The van der Waals surface area contributed by atoms with Crippen molar-refractivity contribution in [2.75, 3.05) is 82.9 Å². The fourth-order valence-electron chi connectivity index (χ4n) is 6.14. The number of carboxylic acid groups (broad SMARTS) is 1. The van der Waals surface area contributed by atoms with E-state index >= 15 is 0 Å². The molecule has 2 aromatic carbocycles. The van der Waals surface area contributed by atoms with E-state index in [9.17, 15) is 23.1 Å². The SMILES string of the molecule is CCN(CCCC(=O)CC(CCS(=O)(=O)O)C(=O)O)c1cc(OC)c(-c2c3ccc(=[N+](C)C)cc-3oc3cc(N(C)C)ccc23)cc1N(C)C. The molecule has 1 heterocycles. The fraction of sp³-hybridized carbons (Fsp3) is 0.432. The number of nitrogens with zero attached hydrogens (tertiary/aromatic N) is 4. The molecule has 1 aliphatic carbocycles. The number of aliphatic carboxylic acids is 1. The van der Waals surface area contributed by atoms with Gasteiger partial charge in [0.1, 0.15) is 37.0 Å². The lowest BCUT2D eigenvalue weighted by molar-refractivity contribution is -0.143. The second-order valence-electron chi connectivity index (χ2n) is 13.1. The van der Waals surface area contributed by atoms with Gasteiger partial charge in [0.25, 0.3) is 10.1 Å². The van der Waals surface area contributed by atoms with Gasteiger partial charge in [0.15, 0.2) is 0 Å². The first-order valence-corrected chi connectivity index (χ1v) is 18.2. The Bertz CT molecular complexity index is 2020. The summed E-state index contributed by atoms with van der Waals surface area (Å²) in [7, 11) is 9.27. The maximum absolute atomic E-state index is 12.8. The van der Waals surface area contributed by atoms with E-state index in [-0.39, 0.29) is 25.0 Å². The number of carbonyl (C=O) groups is 2. The Labute approximate surface area is 294 Å². The van der Waals surface area contributed by atoms with Crippen LogP contribution in [0.5, 0.6) is 5.75 Å². The Kier molecular flexibility index (Phi) is 12.2. The molecule has 1 unspecified atom stereocenters. The third-order valence-corrected chi connectivity index (χ3v) is 9.67. The molecule has 0 aromatic heterocycles. The monoisotopic (exact) mass is 709 g/mol. The van der Waals surface area contributed by atoms with Crippen molar-refractivity contribution in [1.82, 2.24) is 4.58 Å². The second kappa shape index (κ2) is 15.9. The third-order valence-electron chi connectivity index (χ3n) is 8.92. The summed E-state index contributed by atoms with van der Waals surface area (Å²) >= 11 is 0. The molecule has 0 fully saturated rings. The van der Waals surface area contributed by atoms with Crippen molar-refractivity contribution in [3.63, 3.8) is 0 Å². The number of fused-ring (bicyclic) bond motifs is 2. The molecule has 0 saturated carbocycles. The van der Waals surface area contributed by atoms with Crippen molar-refractivity contribution in [1.29, 1.82) is 0 Å². The van der Waals surface area contributed by atoms with Crippen molar-refractivity contribution in [3.05, 3.63) is 53.9 Å². The number of methoxy groups -OCH3 is 1. The number of carboxylic acids is 1. The van der Waals surface area contributed by atoms with Gasteiger partial charge in [0.05, 0.1) is 36.2 Å². The van der Waals surface area contributed by atoms with Crippen LogP contribution in [0.2, 0.25) is 0 Å². The standard InChI is InChI=1S/C37H48N4O8S/c1-9-41(17-10-11-27(42)19-24(37(43)44)16-18-50(45,46)47)32-23-33(48-8)30(22-31(32)40(6)7)36-28-14-12-25(38(2)3)20-34(28)49-35-21-26(39(4)5)13-15-29(35)36/h12-15,20-24H,9-11,16-19H2,1-8H3,(H-,43,44,45,46,47)/p+1. The van der Waals surface area contributed by atoms with Gasteiger partial charge < -0.3 is 29.0 Å². The summed E-state index contributed by atoms with van der Waals surface area (Å²) in [5, 5.41) is 11.4.